The van der Waals surface area contributed by atoms with E-state index in [0.717, 1.165) is 0 Å². The van der Waals surface area contributed by atoms with Gasteiger partial charge in [0.2, 0.25) is 0 Å². The molecule has 0 amide bonds. The molecule has 0 atom stereocenters. The van der Waals surface area contributed by atoms with Gasteiger partial charge in [0.15, 0.2) is 0 Å². The van der Waals surface area contributed by atoms with Gasteiger partial charge in [-0.15, -0.1) is 11.3 Å². The standard InChI is InChI=1S/C6H6O3S.C4H3IS/c7-10(8,9)6-4-2-1-3-5-6;5-4-2-1-3-6-4/h1-5H,(H,7,8,9);1-3H. The Kier molecular flexibility index (Phi) is 5.39. The highest BCUT2D eigenvalue weighted by Crippen LogP contribution is 2.09. The number of rotatable bonds is 1. The van der Waals surface area contributed by atoms with Crippen molar-refractivity contribution in [3.05, 3.63) is 50.7 Å². The van der Waals surface area contributed by atoms with Crippen LogP contribution < -0.4 is 0 Å². The molecular weight excluding hydrogens is 359 g/mol. The van der Waals surface area contributed by atoms with Gasteiger partial charge in [0.05, 0.1) is 7.78 Å². The molecule has 2 rings (SSSR count). The summed E-state index contributed by atoms with van der Waals surface area (Å²) >= 11 is 4.06. The average molecular weight is 368 g/mol. The zero-order valence-corrected chi connectivity index (χ0v) is 11.9. The van der Waals surface area contributed by atoms with E-state index in [1.807, 2.05) is 6.07 Å². The first-order valence-electron chi connectivity index (χ1n) is 4.21. The fourth-order valence-electron chi connectivity index (χ4n) is 0.851. The first kappa shape index (κ1) is 13.6. The van der Waals surface area contributed by atoms with Crippen molar-refractivity contribution >= 4 is 44.0 Å². The van der Waals surface area contributed by atoms with Crippen molar-refractivity contribution in [1.82, 2.24) is 0 Å². The molecular formula is C10H9IO3S2. The third-order valence-corrected chi connectivity index (χ3v) is 4.17. The Labute approximate surface area is 112 Å². The molecule has 0 aliphatic heterocycles. The second-order valence-corrected chi connectivity index (χ2v) is 6.97. The van der Waals surface area contributed by atoms with E-state index in [9.17, 15) is 8.42 Å². The lowest BCUT2D eigenvalue weighted by Gasteiger charge is -1.92. The van der Waals surface area contributed by atoms with Gasteiger partial charge in [0, 0.05) is 0 Å². The van der Waals surface area contributed by atoms with E-state index in [1.165, 1.54) is 15.0 Å². The quantitative estimate of drug-likeness (QED) is 0.621. The van der Waals surface area contributed by atoms with Crippen LogP contribution in [0.1, 0.15) is 0 Å². The predicted molar refractivity (Wildman–Crippen MR) is 73.3 cm³/mol. The minimum Gasteiger partial charge on any atom is -0.282 e. The summed E-state index contributed by atoms with van der Waals surface area (Å²) in [6.45, 7) is 0. The van der Waals surface area contributed by atoms with Crippen molar-refractivity contribution in [3.8, 4) is 0 Å². The molecule has 1 aromatic carbocycles. The lowest BCUT2D eigenvalue weighted by molar-refractivity contribution is 0.483. The summed E-state index contributed by atoms with van der Waals surface area (Å²) in [6, 6.07) is 11.6. The maximum Gasteiger partial charge on any atom is 0.294 e. The molecule has 1 heterocycles. The predicted octanol–water partition coefficient (Wildman–Crippen LogP) is 3.29. The first-order valence-corrected chi connectivity index (χ1v) is 7.61. The molecule has 86 valence electrons. The van der Waals surface area contributed by atoms with E-state index < -0.39 is 10.1 Å². The van der Waals surface area contributed by atoms with Crippen LogP contribution >= 0.6 is 33.9 Å². The Balaban J connectivity index is 0.000000181. The fraction of sp³-hybridized carbons (Fsp3) is 0. The number of halogens is 1. The molecule has 0 aliphatic carbocycles. The molecule has 0 radical (unpaired) electrons. The van der Waals surface area contributed by atoms with Crippen LogP contribution in [0.5, 0.6) is 0 Å². The second-order valence-electron chi connectivity index (χ2n) is 2.71. The fourth-order valence-corrected chi connectivity index (χ4v) is 2.44. The summed E-state index contributed by atoms with van der Waals surface area (Å²) in [4.78, 5) is -0.0741. The van der Waals surface area contributed by atoms with E-state index in [-0.39, 0.29) is 4.90 Å². The van der Waals surface area contributed by atoms with Gasteiger partial charge in [0.25, 0.3) is 10.1 Å². The van der Waals surface area contributed by atoms with Crippen molar-refractivity contribution in [2.45, 2.75) is 4.90 Å². The molecule has 0 saturated heterocycles. The molecule has 6 heteroatoms. The zero-order chi connectivity index (χ0) is 12.0. The van der Waals surface area contributed by atoms with E-state index in [1.54, 1.807) is 29.5 Å². The smallest absolute Gasteiger partial charge is 0.282 e. The van der Waals surface area contributed by atoms with Gasteiger partial charge >= 0.3 is 0 Å². The van der Waals surface area contributed by atoms with E-state index in [0.29, 0.717) is 0 Å². The Morgan fingerprint density at radius 1 is 1.06 bits per heavy atom. The van der Waals surface area contributed by atoms with Gasteiger partial charge in [-0.2, -0.15) is 8.42 Å². The van der Waals surface area contributed by atoms with Gasteiger partial charge < -0.3 is 0 Å². The van der Waals surface area contributed by atoms with Crippen LogP contribution in [0.4, 0.5) is 0 Å². The van der Waals surface area contributed by atoms with Crippen LogP contribution in [0.15, 0.2) is 52.7 Å². The molecule has 0 saturated carbocycles. The Morgan fingerprint density at radius 2 is 1.69 bits per heavy atom. The third kappa shape index (κ3) is 5.06. The summed E-state index contributed by atoms with van der Waals surface area (Å²) in [5, 5.41) is 2.07. The van der Waals surface area contributed by atoms with Crippen molar-refractivity contribution in [2.75, 3.05) is 0 Å². The summed E-state index contributed by atoms with van der Waals surface area (Å²) in [5.41, 5.74) is 0. The van der Waals surface area contributed by atoms with Gasteiger partial charge in [-0.25, -0.2) is 0 Å². The Bertz CT molecular complexity index is 506. The van der Waals surface area contributed by atoms with Gasteiger partial charge in [0.1, 0.15) is 0 Å². The van der Waals surface area contributed by atoms with Crippen LogP contribution in [0.25, 0.3) is 0 Å². The third-order valence-electron chi connectivity index (χ3n) is 1.53. The second kappa shape index (κ2) is 6.33. The summed E-state index contributed by atoms with van der Waals surface area (Å²) < 4.78 is 30.6. The van der Waals surface area contributed by atoms with Gasteiger partial charge in [-0.1, -0.05) is 24.3 Å². The highest BCUT2D eigenvalue weighted by atomic mass is 127. The Hall–Kier alpha value is -0.440. The highest BCUT2D eigenvalue weighted by Gasteiger charge is 2.05. The van der Waals surface area contributed by atoms with E-state index >= 15 is 0 Å². The van der Waals surface area contributed by atoms with Crippen LogP contribution in [0.3, 0.4) is 0 Å². The molecule has 1 N–H and O–H groups in total. The SMILES string of the molecule is Ic1cccs1.O=S(=O)(O)c1ccccc1. The number of hydrogen-bond acceptors (Lipinski definition) is 3. The highest BCUT2D eigenvalue weighted by molar-refractivity contribution is 14.1. The maximum absolute atomic E-state index is 10.4. The van der Waals surface area contributed by atoms with Crippen LogP contribution in [-0.2, 0) is 10.1 Å². The van der Waals surface area contributed by atoms with Crippen LogP contribution in [0.2, 0.25) is 0 Å². The van der Waals surface area contributed by atoms with Crippen molar-refractivity contribution in [2.24, 2.45) is 0 Å². The van der Waals surface area contributed by atoms with Crippen LogP contribution in [0, 0.1) is 2.88 Å². The minimum absolute atomic E-state index is 0.0741. The molecule has 2 aromatic rings. The van der Waals surface area contributed by atoms with Crippen molar-refractivity contribution in [3.63, 3.8) is 0 Å². The summed E-state index contributed by atoms with van der Waals surface area (Å²) in [5.74, 6) is 0. The van der Waals surface area contributed by atoms with Gasteiger partial charge in [-0.3, -0.25) is 4.55 Å². The first-order chi connectivity index (χ1) is 7.50. The normalized spacial score (nSPS) is 10.4. The zero-order valence-electron chi connectivity index (χ0n) is 8.08. The lowest BCUT2D eigenvalue weighted by Crippen LogP contribution is -1.96. The summed E-state index contributed by atoms with van der Waals surface area (Å²) in [6.07, 6.45) is 0. The maximum atomic E-state index is 10.4. The van der Waals surface area contributed by atoms with Gasteiger partial charge in [-0.05, 0) is 46.2 Å². The van der Waals surface area contributed by atoms with E-state index in [4.69, 9.17) is 4.55 Å². The molecule has 1 aromatic heterocycles. The molecule has 0 fully saturated rings. The number of benzene rings is 1. The van der Waals surface area contributed by atoms with E-state index in [2.05, 4.69) is 34.0 Å². The summed E-state index contributed by atoms with van der Waals surface area (Å²) in [7, 11) is -4.00. The largest absolute Gasteiger partial charge is 0.294 e. The number of hydrogen-bond donors (Lipinski definition) is 1. The molecule has 3 nitrogen and oxygen atoms in total. The van der Waals surface area contributed by atoms with Crippen LogP contribution in [-0.4, -0.2) is 13.0 Å². The van der Waals surface area contributed by atoms with Crippen molar-refractivity contribution in [1.29, 1.82) is 0 Å². The number of thiophene rings is 1. The molecule has 0 bridgehead atoms. The molecule has 16 heavy (non-hydrogen) atoms. The molecule has 0 aliphatic rings. The lowest BCUT2D eigenvalue weighted by atomic mass is 10.4. The average Bonchev–Trinajstić information content (AvgIpc) is 2.70. The topological polar surface area (TPSA) is 54.4 Å². The molecule has 0 unspecified atom stereocenters. The molecule has 0 spiro atoms. The monoisotopic (exact) mass is 368 g/mol. The Morgan fingerprint density at radius 3 is 1.94 bits per heavy atom. The minimum atomic E-state index is -4.00. The van der Waals surface area contributed by atoms with Crippen molar-refractivity contribution < 1.29 is 13.0 Å².